The summed E-state index contributed by atoms with van der Waals surface area (Å²) in [6.07, 6.45) is 0. The Bertz CT molecular complexity index is 189. The van der Waals surface area contributed by atoms with Gasteiger partial charge in [-0.2, -0.15) is 0 Å². The van der Waals surface area contributed by atoms with E-state index in [1.165, 1.54) is 20.8 Å². The summed E-state index contributed by atoms with van der Waals surface area (Å²) in [6.45, 7) is 11.0. The summed E-state index contributed by atoms with van der Waals surface area (Å²) < 4.78 is 13.2. The van der Waals surface area contributed by atoms with Crippen LogP contribution in [-0.4, -0.2) is 48.7 Å². The van der Waals surface area contributed by atoms with E-state index in [-0.39, 0.29) is 28.9 Å². The van der Waals surface area contributed by atoms with Gasteiger partial charge in [-0.1, -0.05) is 0 Å². The summed E-state index contributed by atoms with van der Waals surface area (Å²) in [5.41, 5.74) is 0. The summed E-state index contributed by atoms with van der Waals surface area (Å²) >= 11 is 0. The Morgan fingerprint density at radius 1 is 0.600 bits per heavy atom. The maximum Gasteiger partial charge on any atom is 0.302 e. The topological polar surface area (TPSA) is 142 Å². The Kier molecular flexibility index (Phi) is 40.3. The Balaban J connectivity index is -0.0000000536. The molecule has 0 unspecified atom stereocenters. The molecular weight excluding hydrogens is 272 g/mol. The molecule has 0 radical (unpaired) electrons. The molecule has 8 heteroatoms. The minimum atomic E-state index is -0.211. The van der Waals surface area contributed by atoms with Crippen LogP contribution in [0.15, 0.2) is 0 Å². The first-order valence-corrected chi connectivity index (χ1v) is 5.71. The van der Waals surface area contributed by atoms with E-state index in [2.05, 4.69) is 14.2 Å². The van der Waals surface area contributed by atoms with Gasteiger partial charge in [0.15, 0.2) is 0 Å². The van der Waals surface area contributed by atoms with Crippen LogP contribution < -0.4 is 0 Å². The minimum Gasteiger partial charge on any atom is -0.466 e. The molecule has 0 atom stereocenters. The van der Waals surface area contributed by atoms with Crippen LogP contribution in [0.5, 0.6) is 0 Å². The van der Waals surface area contributed by atoms with Crippen molar-refractivity contribution in [3.8, 4) is 0 Å². The zero-order valence-electron chi connectivity index (χ0n) is 13.1. The van der Waals surface area contributed by atoms with Crippen molar-refractivity contribution in [1.29, 1.82) is 0 Å². The third kappa shape index (κ3) is 71.4. The Morgan fingerprint density at radius 3 is 0.750 bits per heavy atom. The molecule has 0 fully saturated rings. The molecule has 0 aliphatic carbocycles. The highest BCUT2D eigenvalue weighted by Crippen LogP contribution is 1.70. The first kappa shape index (κ1) is 31.0. The third-order valence-corrected chi connectivity index (χ3v) is 1.04. The maximum absolute atomic E-state index is 9.82. The fourth-order valence-electron chi connectivity index (χ4n) is 0.610. The van der Waals surface area contributed by atoms with Crippen LogP contribution in [0.1, 0.15) is 41.5 Å². The molecule has 0 aliphatic rings. The van der Waals surface area contributed by atoms with Crippen molar-refractivity contribution < 1.29 is 39.5 Å². The highest BCUT2D eigenvalue weighted by molar-refractivity contribution is 5.66. The van der Waals surface area contributed by atoms with E-state index in [0.717, 1.165) is 0 Å². The zero-order valence-corrected chi connectivity index (χ0v) is 13.1. The number of carbonyl (C=O) groups is 3. The minimum absolute atomic E-state index is 0. The quantitative estimate of drug-likeness (QED) is 0.532. The first-order chi connectivity index (χ1) is 8.31. The number of carbonyl (C=O) groups excluding carboxylic acids is 3. The molecule has 0 aliphatic heterocycles. The Labute approximate surface area is 120 Å². The molecular formula is C12H28O8. The average molecular weight is 300 g/mol. The Hall–Kier alpha value is -1.67. The van der Waals surface area contributed by atoms with Gasteiger partial charge >= 0.3 is 17.9 Å². The van der Waals surface area contributed by atoms with Crippen molar-refractivity contribution in [3.05, 3.63) is 0 Å². The zero-order chi connectivity index (χ0) is 15.0. The number of rotatable bonds is 3. The largest absolute Gasteiger partial charge is 0.466 e. The molecule has 0 saturated carbocycles. The Morgan fingerprint density at radius 2 is 0.750 bits per heavy atom. The van der Waals surface area contributed by atoms with Crippen LogP contribution in [0.4, 0.5) is 0 Å². The van der Waals surface area contributed by atoms with E-state index in [4.69, 9.17) is 0 Å². The molecule has 0 aromatic heterocycles. The van der Waals surface area contributed by atoms with E-state index < -0.39 is 0 Å². The van der Waals surface area contributed by atoms with Gasteiger partial charge in [0.2, 0.25) is 0 Å². The van der Waals surface area contributed by atoms with Gasteiger partial charge < -0.3 is 25.2 Å². The molecule has 124 valence electrons. The van der Waals surface area contributed by atoms with E-state index >= 15 is 0 Å². The lowest BCUT2D eigenvalue weighted by atomic mass is 10.8. The van der Waals surface area contributed by atoms with Crippen LogP contribution in [-0.2, 0) is 28.6 Å². The fraction of sp³-hybridized carbons (Fsp3) is 0.750. The maximum atomic E-state index is 9.82. The summed E-state index contributed by atoms with van der Waals surface area (Å²) in [5, 5.41) is 0. The van der Waals surface area contributed by atoms with Crippen molar-refractivity contribution in [2.45, 2.75) is 41.5 Å². The molecule has 0 aromatic rings. The number of hydrogen-bond acceptors (Lipinski definition) is 6. The van der Waals surface area contributed by atoms with E-state index in [1.807, 2.05) is 0 Å². The van der Waals surface area contributed by atoms with Crippen LogP contribution in [0.2, 0.25) is 0 Å². The second-order valence-corrected chi connectivity index (χ2v) is 2.77. The van der Waals surface area contributed by atoms with E-state index in [1.54, 1.807) is 20.8 Å². The molecule has 0 amide bonds. The van der Waals surface area contributed by atoms with Crippen molar-refractivity contribution >= 4 is 17.9 Å². The molecule has 4 N–H and O–H groups in total. The predicted octanol–water partition coefficient (Wildman–Crippen LogP) is 0.0588. The second kappa shape index (κ2) is 26.0. The molecule has 8 nitrogen and oxygen atoms in total. The fourth-order valence-corrected chi connectivity index (χ4v) is 0.610. The average Bonchev–Trinajstić information content (AvgIpc) is 2.18. The van der Waals surface area contributed by atoms with Crippen LogP contribution in [0, 0.1) is 0 Å². The van der Waals surface area contributed by atoms with Crippen LogP contribution >= 0.6 is 0 Å². The number of ether oxygens (including phenoxy) is 3. The lowest BCUT2D eigenvalue weighted by Gasteiger charge is -1.89. The van der Waals surface area contributed by atoms with Gasteiger partial charge in [-0.3, -0.25) is 14.4 Å². The van der Waals surface area contributed by atoms with Crippen molar-refractivity contribution in [2.24, 2.45) is 0 Å². The molecule has 20 heavy (non-hydrogen) atoms. The lowest BCUT2D eigenvalue weighted by molar-refractivity contribution is -0.141. The van der Waals surface area contributed by atoms with Gasteiger partial charge in [0.05, 0.1) is 19.8 Å². The molecule has 0 bridgehead atoms. The van der Waals surface area contributed by atoms with E-state index in [0.29, 0.717) is 19.8 Å². The van der Waals surface area contributed by atoms with Gasteiger partial charge in [-0.05, 0) is 20.8 Å². The molecule has 0 spiro atoms. The van der Waals surface area contributed by atoms with Crippen LogP contribution in [0.25, 0.3) is 0 Å². The van der Waals surface area contributed by atoms with Gasteiger partial charge in [-0.25, -0.2) is 0 Å². The molecule has 0 saturated heterocycles. The van der Waals surface area contributed by atoms with Crippen molar-refractivity contribution in [3.63, 3.8) is 0 Å². The van der Waals surface area contributed by atoms with Crippen LogP contribution in [0.3, 0.4) is 0 Å². The SMILES string of the molecule is CCOC(C)=O.CCOC(C)=O.CCOC(C)=O.O.O. The highest BCUT2D eigenvalue weighted by Gasteiger charge is 1.82. The normalized spacial score (nSPS) is 6.90. The van der Waals surface area contributed by atoms with Gasteiger partial charge in [0, 0.05) is 20.8 Å². The smallest absolute Gasteiger partial charge is 0.302 e. The third-order valence-electron chi connectivity index (χ3n) is 1.04. The first-order valence-electron chi connectivity index (χ1n) is 5.71. The summed E-state index contributed by atoms with van der Waals surface area (Å²) in [6, 6.07) is 0. The highest BCUT2D eigenvalue weighted by atomic mass is 16.5. The summed E-state index contributed by atoms with van der Waals surface area (Å²) in [5.74, 6) is -0.632. The summed E-state index contributed by atoms with van der Waals surface area (Å²) in [7, 11) is 0. The standard InChI is InChI=1S/3C4H8O2.2H2O/c3*1-3-6-4(2)5;;/h3*3H2,1-2H3;2*1H2. The van der Waals surface area contributed by atoms with Gasteiger partial charge in [-0.15, -0.1) is 0 Å². The van der Waals surface area contributed by atoms with Crippen molar-refractivity contribution in [2.75, 3.05) is 19.8 Å². The number of hydrogen-bond donors (Lipinski definition) is 0. The van der Waals surface area contributed by atoms with Crippen molar-refractivity contribution in [1.82, 2.24) is 0 Å². The molecule has 0 aromatic carbocycles. The monoisotopic (exact) mass is 300 g/mol. The number of esters is 3. The predicted molar refractivity (Wildman–Crippen MR) is 74.1 cm³/mol. The summed E-state index contributed by atoms with van der Waals surface area (Å²) in [4.78, 5) is 29.5. The second-order valence-electron chi connectivity index (χ2n) is 2.77. The van der Waals surface area contributed by atoms with Gasteiger partial charge in [0.1, 0.15) is 0 Å². The lowest BCUT2D eigenvalue weighted by Crippen LogP contribution is -1.95. The molecule has 0 heterocycles. The molecule has 0 rings (SSSR count). The van der Waals surface area contributed by atoms with Gasteiger partial charge in [0.25, 0.3) is 0 Å². The van der Waals surface area contributed by atoms with E-state index in [9.17, 15) is 14.4 Å².